The van der Waals surface area contributed by atoms with Gasteiger partial charge in [0.05, 0.1) is 29.4 Å². The van der Waals surface area contributed by atoms with E-state index in [9.17, 15) is 9.90 Å². The van der Waals surface area contributed by atoms with E-state index in [1.54, 1.807) is 18.5 Å². The maximum absolute atomic E-state index is 13.0. The van der Waals surface area contributed by atoms with Gasteiger partial charge in [0.2, 0.25) is 0 Å². The van der Waals surface area contributed by atoms with Gasteiger partial charge in [0, 0.05) is 23.3 Å². The molecule has 0 bridgehead atoms. The quantitative estimate of drug-likeness (QED) is 0.715. The second-order valence-electron chi connectivity index (χ2n) is 6.46. The van der Waals surface area contributed by atoms with Crippen molar-refractivity contribution in [2.75, 3.05) is 6.61 Å². The van der Waals surface area contributed by atoms with Crippen molar-refractivity contribution in [3.63, 3.8) is 0 Å². The number of para-hydroxylation sites is 1. The fraction of sp³-hybridized carbons (Fsp3) is 0.286. The van der Waals surface area contributed by atoms with Gasteiger partial charge >= 0.3 is 0 Å². The molecule has 2 N–H and O–H groups in total. The molecule has 3 rings (SSSR count). The molecule has 0 fully saturated rings. The van der Waals surface area contributed by atoms with Gasteiger partial charge in [-0.05, 0) is 30.2 Å². The third-order valence-corrected chi connectivity index (χ3v) is 4.78. The van der Waals surface area contributed by atoms with Crippen LogP contribution in [0.25, 0.3) is 22.2 Å². The van der Waals surface area contributed by atoms with Crippen molar-refractivity contribution < 1.29 is 9.90 Å². The first-order valence-electron chi connectivity index (χ1n) is 8.86. The fourth-order valence-corrected chi connectivity index (χ4v) is 2.93. The van der Waals surface area contributed by atoms with Gasteiger partial charge in [-0.25, -0.2) is 4.98 Å². The van der Waals surface area contributed by atoms with Gasteiger partial charge < -0.3 is 10.4 Å². The second-order valence-corrected chi connectivity index (χ2v) is 6.46. The summed E-state index contributed by atoms with van der Waals surface area (Å²) < 4.78 is 0. The third kappa shape index (κ3) is 3.73. The Bertz CT molecular complexity index is 896. The summed E-state index contributed by atoms with van der Waals surface area (Å²) in [5.74, 6) is -0.00465. The van der Waals surface area contributed by atoms with Crippen LogP contribution in [0.15, 0.2) is 54.9 Å². The van der Waals surface area contributed by atoms with Crippen LogP contribution in [0.1, 0.15) is 30.6 Å². The molecule has 0 spiro atoms. The van der Waals surface area contributed by atoms with E-state index >= 15 is 0 Å². The summed E-state index contributed by atoms with van der Waals surface area (Å²) in [6.07, 6.45) is 4.29. The molecule has 2 heterocycles. The molecule has 0 aliphatic carbocycles. The smallest absolute Gasteiger partial charge is 0.252 e. The normalized spacial score (nSPS) is 13.3. The van der Waals surface area contributed by atoms with E-state index in [1.807, 2.05) is 50.2 Å². The zero-order chi connectivity index (χ0) is 18.5. The first-order chi connectivity index (χ1) is 12.6. The number of aliphatic hydroxyl groups excluding tert-OH is 1. The molecule has 0 aliphatic heterocycles. The molecule has 0 radical (unpaired) electrons. The highest BCUT2D eigenvalue weighted by Crippen LogP contribution is 2.24. The number of rotatable bonds is 6. The first-order valence-corrected chi connectivity index (χ1v) is 8.86. The van der Waals surface area contributed by atoms with E-state index in [-0.39, 0.29) is 24.5 Å². The summed E-state index contributed by atoms with van der Waals surface area (Å²) >= 11 is 0. The number of nitrogens with zero attached hydrogens (tertiary/aromatic N) is 2. The molecule has 0 saturated heterocycles. The highest BCUT2D eigenvalue weighted by molar-refractivity contribution is 6.07. The number of hydrogen-bond donors (Lipinski definition) is 2. The van der Waals surface area contributed by atoms with Gasteiger partial charge in [-0.1, -0.05) is 38.5 Å². The summed E-state index contributed by atoms with van der Waals surface area (Å²) in [4.78, 5) is 21.7. The van der Waals surface area contributed by atoms with E-state index < -0.39 is 0 Å². The Kier molecular flexibility index (Phi) is 5.58. The molecule has 3 aromatic rings. The molecule has 5 heteroatoms. The van der Waals surface area contributed by atoms with Gasteiger partial charge in [0.25, 0.3) is 5.91 Å². The van der Waals surface area contributed by atoms with Crippen LogP contribution in [0.2, 0.25) is 0 Å². The number of aromatic nitrogens is 2. The predicted octanol–water partition coefficient (Wildman–Crippen LogP) is 3.43. The number of fused-ring (bicyclic) bond motifs is 1. The van der Waals surface area contributed by atoms with Crippen LogP contribution in [-0.4, -0.2) is 33.6 Å². The van der Waals surface area contributed by atoms with E-state index in [4.69, 9.17) is 0 Å². The SMILES string of the molecule is CC[C@H](C)[C@@H](CO)NC(=O)c1cc(-c2ccncc2)nc2ccccc12. The molecule has 1 amide bonds. The van der Waals surface area contributed by atoms with Crippen molar-refractivity contribution >= 4 is 16.8 Å². The predicted molar refractivity (Wildman–Crippen MR) is 103 cm³/mol. The fourth-order valence-electron chi connectivity index (χ4n) is 2.93. The van der Waals surface area contributed by atoms with Crippen molar-refractivity contribution in [2.24, 2.45) is 5.92 Å². The molecular weight excluding hydrogens is 326 g/mol. The number of pyridine rings is 2. The van der Waals surface area contributed by atoms with E-state index in [0.29, 0.717) is 5.56 Å². The minimum atomic E-state index is -0.274. The van der Waals surface area contributed by atoms with Crippen LogP contribution >= 0.6 is 0 Å². The highest BCUT2D eigenvalue weighted by atomic mass is 16.3. The first kappa shape index (κ1) is 18.0. The Labute approximate surface area is 153 Å². The number of carbonyl (C=O) groups excluding carboxylic acids is 1. The van der Waals surface area contributed by atoms with Crippen LogP contribution in [0, 0.1) is 5.92 Å². The molecule has 0 aliphatic rings. The summed E-state index contributed by atoms with van der Waals surface area (Å²) in [5.41, 5.74) is 2.95. The van der Waals surface area contributed by atoms with Crippen molar-refractivity contribution in [3.05, 3.63) is 60.4 Å². The minimum Gasteiger partial charge on any atom is -0.394 e. The molecule has 2 atom stereocenters. The van der Waals surface area contributed by atoms with E-state index in [0.717, 1.165) is 28.6 Å². The molecule has 1 aromatic carbocycles. The lowest BCUT2D eigenvalue weighted by Crippen LogP contribution is -2.42. The van der Waals surface area contributed by atoms with Gasteiger partial charge in [-0.3, -0.25) is 9.78 Å². The van der Waals surface area contributed by atoms with Crippen molar-refractivity contribution in [1.29, 1.82) is 0 Å². The van der Waals surface area contributed by atoms with Crippen LogP contribution in [-0.2, 0) is 0 Å². The van der Waals surface area contributed by atoms with Gasteiger partial charge in [0.15, 0.2) is 0 Å². The standard InChI is InChI=1S/C21H23N3O2/c1-3-14(2)20(13-25)24-21(26)17-12-19(15-8-10-22-11-9-15)23-18-7-5-4-6-16(17)18/h4-12,14,20,25H,3,13H2,1-2H3,(H,24,26)/t14-,20+/m0/s1. The zero-order valence-electron chi connectivity index (χ0n) is 15.0. The molecule has 2 aromatic heterocycles. The van der Waals surface area contributed by atoms with Crippen LogP contribution in [0.3, 0.4) is 0 Å². The second kappa shape index (κ2) is 8.06. The number of benzene rings is 1. The summed E-state index contributed by atoms with van der Waals surface area (Å²) in [6, 6.07) is 12.9. The molecular formula is C21H23N3O2. The summed E-state index contributed by atoms with van der Waals surface area (Å²) in [7, 11) is 0. The number of hydrogen-bond acceptors (Lipinski definition) is 4. The summed E-state index contributed by atoms with van der Waals surface area (Å²) in [5, 5.41) is 13.4. The van der Waals surface area contributed by atoms with Crippen molar-refractivity contribution in [2.45, 2.75) is 26.3 Å². The zero-order valence-corrected chi connectivity index (χ0v) is 15.0. The molecule has 5 nitrogen and oxygen atoms in total. The number of nitrogens with one attached hydrogen (secondary N) is 1. The average Bonchev–Trinajstić information content (AvgIpc) is 2.71. The Morgan fingerprint density at radius 1 is 1.19 bits per heavy atom. The van der Waals surface area contributed by atoms with Gasteiger partial charge in [-0.2, -0.15) is 0 Å². The third-order valence-electron chi connectivity index (χ3n) is 4.78. The molecule has 26 heavy (non-hydrogen) atoms. The van der Waals surface area contributed by atoms with Crippen molar-refractivity contribution in [3.8, 4) is 11.3 Å². The lowest BCUT2D eigenvalue weighted by atomic mass is 9.98. The minimum absolute atomic E-state index is 0.0824. The van der Waals surface area contributed by atoms with Crippen molar-refractivity contribution in [1.82, 2.24) is 15.3 Å². The largest absolute Gasteiger partial charge is 0.394 e. The molecule has 134 valence electrons. The highest BCUT2D eigenvalue weighted by Gasteiger charge is 2.20. The van der Waals surface area contributed by atoms with Gasteiger partial charge in [0.1, 0.15) is 0 Å². The van der Waals surface area contributed by atoms with Crippen LogP contribution in [0.5, 0.6) is 0 Å². The van der Waals surface area contributed by atoms with Crippen LogP contribution in [0.4, 0.5) is 0 Å². The Balaban J connectivity index is 2.05. The maximum atomic E-state index is 13.0. The molecule has 0 unspecified atom stereocenters. The lowest BCUT2D eigenvalue weighted by molar-refractivity contribution is 0.0893. The molecule has 0 saturated carbocycles. The number of carbonyl (C=O) groups is 1. The lowest BCUT2D eigenvalue weighted by Gasteiger charge is -2.22. The average molecular weight is 349 g/mol. The monoisotopic (exact) mass is 349 g/mol. The Morgan fingerprint density at radius 2 is 1.92 bits per heavy atom. The van der Waals surface area contributed by atoms with E-state index in [1.165, 1.54) is 0 Å². The Hall–Kier alpha value is -2.79. The number of amides is 1. The topological polar surface area (TPSA) is 75.1 Å². The number of aliphatic hydroxyl groups is 1. The van der Waals surface area contributed by atoms with Gasteiger partial charge in [-0.15, -0.1) is 0 Å². The van der Waals surface area contributed by atoms with E-state index in [2.05, 4.69) is 15.3 Å². The maximum Gasteiger partial charge on any atom is 0.252 e. The summed E-state index contributed by atoms with van der Waals surface area (Å²) in [6.45, 7) is 3.98. The van der Waals surface area contributed by atoms with Crippen LogP contribution < -0.4 is 5.32 Å². The Morgan fingerprint density at radius 3 is 2.62 bits per heavy atom.